The van der Waals surface area contributed by atoms with Crippen molar-refractivity contribution < 1.29 is 9.53 Å². The molecular weight excluding hydrogens is 320 g/mol. The van der Waals surface area contributed by atoms with Gasteiger partial charge in [0.25, 0.3) is 5.56 Å². The highest BCUT2D eigenvalue weighted by molar-refractivity contribution is 5.81. The van der Waals surface area contributed by atoms with Gasteiger partial charge in [-0.05, 0) is 43.7 Å². The Hall–Kier alpha value is -2.28. The Labute approximate surface area is 146 Å². The van der Waals surface area contributed by atoms with Gasteiger partial charge in [0, 0.05) is 19.3 Å². The van der Waals surface area contributed by atoms with E-state index >= 15 is 0 Å². The summed E-state index contributed by atoms with van der Waals surface area (Å²) in [6, 6.07) is 1.33. The monoisotopic (exact) mass is 344 g/mol. The lowest BCUT2D eigenvalue weighted by atomic mass is 9.95. The van der Waals surface area contributed by atoms with E-state index in [2.05, 4.69) is 15.3 Å². The molecule has 1 aliphatic rings. The van der Waals surface area contributed by atoms with Crippen LogP contribution in [0.5, 0.6) is 0 Å². The fourth-order valence-corrected chi connectivity index (χ4v) is 3.31. The number of nitrogens with one attached hydrogen (secondary N) is 1. The van der Waals surface area contributed by atoms with Crippen LogP contribution in [0.15, 0.2) is 17.2 Å². The zero-order valence-electron chi connectivity index (χ0n) is 14.7. The minimum Gasteiger partial charge on any atom is -0.383 e. The molecule has 0 bridgehead atoms. The van der Waals surface area contributed by atoms with Gasteiger partial charge in [-0.3, -0.25) is 14.2 Å². The van der Waals surface area contributed by atoms with E-state index in [9.17, 15) is 9.59 Å². The second kappa shape index (κ2) is 7.74. The second-order valence-corrected chi connectivity index (χ2v) is 6.34. The molecule has 134 valence electrons. The lowest BCUT2D eigenvalue weighted by Gasteiger charge is -2.19. The quantitative estimate of drug-likeness (QED) is 0.800. The number of aryl methyl sites for hydroxylation is 2. The molecule has 1 unspecified atom stereocenters. The zero-order valence-corrected chi connectivity index (χ0v) is 14.7. The van der Waals surface area contributed by atoms with Crippen molar-refractivity contribution in [3.05, 3.63) is 34.0 Å². The number of nitrogens with zero attached hydrogens (tertiary/aromatic N) is 3. The summed E-state index contributed by atoms with van der Waals surface area (Å²) in [5.74, 6) is -0.200. The molecule has 7 nitrogen and oxygen atoms in total. The van der Waals surface area contributed by atoms with Gasteiger partial charge in [-0.2, -0.15) is 0 Å². The number of hydrogen-bond donors (Lipinski definition) is 1. The Kier molecular flexibility index (Phi) is 5.43. The maximum Gasteiger partial charge on any atom is 0.263 e. The largest absolute Gasteiger partial charge is 0.383 e. The topological polar surface area (TPSA) is 86.1 Å². The van der Waals surface area contributed by atoms with Crippen molar-refractivity contribution in [3.63, 3.8) is 0 Å². The summed E-state index contributed by atoms with van der Waals surface area (Å²) < 4.78 is 6.36. The maximum atomic E-state index is 12.9. The number of fused-ring (bicyclic) bond motifs is 2. The Bertz CT molecular complexity index is 831. The van der Waals surface area contributed by atoms with Gasteiger partial charge in [-0.1, -0.05) is 6.92 Å². The molecule has 2 heterocycles. The molecule has 1 amide bonds. The molecular formula is C18H24N4O3. The number of carbonyl (C=O) groups excluding carboxylic acids is 1. The number of hydrogen-bond acceptors (Lipinski definition) is 5. The van der Waals surface area contributed by atoms with Gasteiger partial charge in [-0.25, -0.2) is 9.97 Å². The normalized spacial score (nSPS) is 15.0. The third-order valence-corrected chi connectivity index (χ3v) is 4.68. The van der Waals surface area contributed by atoms with Crippen molar-refractivity contribution in [2.45, 2.75) is 45.1 Å². The highest BCUT2D eigenvalue weighted by Gasteiger charge is 2.22. The van der Waals surface area contributed by atoms with E-state index in [1.807, 2.05) is 13.0 Å². The Morgan fingerprint density at radius 1 is 1.40 bits per heavy atom. The number of ether oxygens (including phenoxy) is 1. The summed E-state index contributed by atoms with van der Waals surface area (Å²) in [7, 11) is 1.58. The van der Waals surface area contributed by atoms with E-state index in [1.165, 1.54) is 10.9 Å². The third-order valence-electron chi connectivity index (χ3n) is 4.68. The number of methoxy groups -OCH3 is 1. The minimum atomic E-state index is -0.586. The van der Waals surface area contributed by atoms with Crippen LogP contribution in [0.2, 0.25) is 0 Å². The number of rotatable bonds is 6. The number of aromatic nitrogens is 3. The standard InChI is InChI=1S/C18H24N4O3/c1-3-15(17(23)19-8-9-25-2)22-11-20-16-13(18(22)24)10-12-6-4-5-7-14(12)21-16/h10-11,15H,3-9H2,1-2H3,(H,19,23). The number of carbonyl (C=O) groups is 1. The van der Waals surface area contributed by atoms with Crippen LogP contribution in [-0.4, -0.2) is 40.7 Å². The molecule has 2 aromatic heterocycles. The van der Waals surface area contributed by atoms with Gasteiger partial charge < -0.3 is 10.1 Å². The van der Waals surface area contributed by atoms with Crippen LogP contribution in [-0.2, 0) is 22.4 Å². The molecule has 2 aromatic rings. The van der Waals surface area contributed by atoms with Crippen LogP contribution in [0.1, 0.15) is 43.5 Å². The lowest BCUT2D eigenvalue weighted by Crippen LogP contribution is -2.38. The molecule has 0 saturated heterocycles. The Balaban J connectivity index is 1.97. The Morgan fingerprint density at radius 2 is 2.20 bits per heavy atom. The van der Waals surface area contributed by atoms with Crippen LogP contribution < -0.4 is 10.9 Å². The summed E-state index contributed by atoms with van der Waals surface area (Å²) in [5.41, 5.74) is 2.44. The molecule has 0 fully saturated rings. The van der Waals surface area contributed by atoms with Crippen LogP contribution in [0, 0.1) is 0 Å². The molecule has 0 radical (unpaired) electrons. The first kappa shape index (κ1) is 17.5. The van der Waals surface area contributed by atoms with Gasteiger partial charge in [0.2, 0.25) is 5.91 Å². The highest BCUT2D eigenvalue weighted by atomic mass is 16.5. The van der Waals surface area contributed by atoms with Crippen molar-refractivity contribution in [2.24, 2.45) is 0 Å². The van der Waals surface area contributed by atoms with E-state index < -0.39 is 6.04 Å². The predicted molar refractivity (Wildman–Crippen MR) is 94.7 cm³/mol. The number of amides is 1. The molecule has 25 heavy (non-hydrogen) atoms. The van der Waals surface area contributed by atoms with Crippen LogP contribution in [0.25, 0.3) is 11.0 Å². The summed E-state index contributed by atoms with van der Waals surface area (Å²) in [4.78, 5) is 34.2. The van der Waals surface area contributed by atoms with Crippen molar-refractivity contribution in [1.82, 2.24) is 19.9 Å². The van der Waals surface area contributed by atoms with E-state index in [1.54, 1.807) is 7.11 Å². The van der Waals surface area contributed by atoms with Gasteiger partial charge >= 0.3 is 0 Å². The van der Waals surface area contributed by atoms with Crippen molar-refractivity contribution in [3.8, 4) is 0 Å². The van der Waals surface area contributed by atoms with E-state index in [-0.39, 0.29) is 11.5 Å². The average molecular weight is 344 g/mol. The Morgan fingerprint density at radius 3 is 2.96 bits per heavy atom. The molecule has 0 aliphatic heterocycles. The van der Waals surface area contributed by atoms with E-state index in [0.717, 1.165) is 36.9 Å². The average Bonchev–Trinajstić information content (AvgIpc) is 2.63. The lowest BCUT2D eigenvalue weighted by molar-refractivity contribution is -0.124. The smallest absolute Gasteiger partial charge is 0.263 e. The van der Waals surface area contributed by atoms with Gasteiger partial charge in [0.15, 0.2) is 5.65 Å². The van der Waals surface area contributed by atoms with Crippen molar-refractivity contribution in [2.75, 3.05) is 20.3 Å². The summed E-state index contributed by atoms with van der Waals surface area (Å²) >= 11 is 0. The number of pyridine rings is 1. The SMILES string of the molecule is CCC(C(=O)NCCOC)n1cnc2nc3c(cc2c1=O)CCCC3. The van der Waals surface area contributed by atoms with Crippen LogP contribution in [0.4, 0.5) is 0 Å². The summed E-state index contributed by atoms with van der Waals surface area (Å²) in [5, 5.41) is 3.28. The van der Waals surface area contributed by atoms with Crippen molar-refractivity contribution in [1.29, 1.82) is 0 Å². The van der Waals surface area contributed by atoms with Crippen molar-refractivity contribution >= 4 is 16.9 Å². The fourth-order valence-electron chi connectivity index (χ4n) is 3.31. The second-order valence-electron chi connectivity index (χ2n) is 6.34. The fraction of sp³-hybridized carbons (Fsp3) is 0.556. The van der Waals surface area contributed by atoms with Crippen LogP contribution >= 0.6 is 0 Å². The first-order valence-electron chi connectivity index (χ1n) is 8.82. The first-order valence-corrected chi connectivity index (χ1v) is 8.82. The molecule has 1 N–H and O–H groups in total. The van der Waals surface area contributed by atoms with Gasteiger partial charge in [0.1, 0.15) is 12.4 Å². The third kappa shape index (κ3) is 3.56. The first-order chi connectivity index (χ1) is 12.2. The molecule has 1 aliphatic carbocycles. The van der Waals surface area contributed by atoms with E-state index in [4.69, 9.17) is 4.74 Å². The molecule has 3 rings (SSSR count). The van der Waals surface area contributed by atoms with Gasteiger partial charge in [0.05, 0.1) is 12.0 Å². The molecule has 0 aromatic carbocycles. The summed E-state index contributed by atoms with van der Waals surface area (Å²) in [6.07, 6.45) is 6.08. The molecule has 0 saturated carbocycles. The molecule has 1 atom stereocenters. The van der Waals surface area contributed by atoms with E-state index in [0.29, 0.717) is 30.6 Å². The molecule has 7 heteroatoms. The molecule has 0 spiro atoms. The highest BCUT2D eigenvalue weighted by Crippen LogP contribution is 2.22. The maximum absolute atomic E-state index is 12.9. The van der Waals surface area contributed by atoms with Gasteiger partial charge in [-0.15, -0.1) is 0 Å². The summed E-state index contributed by atoms with van der Waals surface area (Å²) in [6.45, 7) is 2.72. The minimum absolute atomic E-state index is 0.200. The van der Waals surface area contributed by atoms with Crippen LogP contribution in [0.3, 0.4) is 0 Å². The zero-order chi connectivity index (χ0) is 17.8. The predicted octanol–water partition coefficient (Wildman–Crippen LogP) is 1.38.